The van der Waals surface area contributed by atoms with E-state index in [0.717, 1.165) is 5.75 Å². The number of aromatic nitrogens is 3. The number of methoxy groups -OCH3 is 1. The molecule has 11 heteroatoms. The van der Waals surface area contributed by atoms with Gasteiger partial charge in [0.15, 0.2) is 0 Å². The van der Waals surface area contributed by atoms with Gasteiger partial charge in [-0.15, -0.1) is 0 Å². The number of rotatable bonds is 12. The van der Waals surface area contributed by atoms with Crippen LogP contribution in [-0.2, 0) is 20.9 Å². The predicted molar refractivity (Wildman–Crippen MR) is 147 cm³/mol. The Labute approximate surface area is 233 Å². The van der Waals surface area contributed by atoms with E-state index in [1.165, 1.54) is 42.8 Å². The monoisotopic (exact) mass is 549 g/mol. The maximum atomic E-state index is 12.7. The number of pyridine rings is 1. The fourth-order valence-electron chi connectivity index (χ4n) is 4.63. The van der Waals surface area contributed by atoms with E-state index in [4.69, 9.17) is 18.9 Å². The number of hydrogen-bond acceptors (Lipinski definition) is 8. The quantitative estimate of drug-likeness (QED) is 0.366. The van der Waals surface area contributed by atoms with Crippen LogP contribution in [0.2, 0.25) is 0 Å². The Morgan fingerprint density at radius 1 is 1.18 bits per heavy atom. The molecule has 0 radical (unpaired) electrons. The molecule has 2 amide bonds. The van der Waals surface area contributed by atoms with Gasteiger partial charge in [0.1, 0.15) is 36.9 Å². The molecule has 3 aromatic rings. The van der Waals surface area contributed by atoms with E-state index < -0.39 is 6.10 Å². The minimum absolute atomic E-state index is 0.0493. The summed E-state index contributed by atoms with van der Waals surface area (Å²) in [6, 6.07) is 11.7. The first-order valence-electron chi connectivity index (χ1n) is 13.5. The lowest BCUT2D eigenvalue weighted by molar-refractivity contribution is -0.131. The zero-order valence-electron chi connectivity index (χ0n) is 22.8. The van der Waals surface area contributed by atoms with Crippen molar-refractivity contribution in [3.8, 4) is 17.4 Å². The van der Waals surface area contributed by atoms with Crippen LogP contribution < -0.4 is 19.5 Å². The highest BCUT2D eigenvalue weighted by Gasteiger charge is 2.32. The average molecular weight is 550 g/mol. The first-order valence-corrected chi connectivity index (χ1v) is 13.5. The van der Waals surface area contributed by atoms with Crippen LogP contribution in [-0.4, -0.2) is 77.6 Å². The third-order valence-electron chi connectivity index (χ3n) is 7.25. The standard InChI is InChI=1S/C29H35N5O6/c1-33(12-13-38-23-8-6-21(7-9-23)20-4-3-5-20)28(35)18-34-17-22(16-31-34)32-29(36)26-14-25(19-39-26)40-24-10-11-30-27(15-24)37-2/h6-11,15-17,20,25-26H,3-5,12-14,18-19H2,1-2H3,(H,32,36)/t25-,26+/m1/s1. The molecule has 1 aromatic carbocycles. The van der Waals surface area contributed by atoms with Crippen LogP contribution in [0.3, 0.4) is 0 Å². The zero-order valence-corrected chi connectivity index (χ0v) is 22.8. The molecule has 2 aliphatic rings. The number of hydrogen-bond donors (Lipinski definition) is 1. The van der Waals surface area contributed by atoms with Crippen molar-refractivity contribution < 1.29 is 28.5 Å². The van der Waals surface area contributed by atoms with E-state index in [0.29, 0.717) is 42.8 Å². The maximum Gasteiger partial charge on any atom is 0.253 e. The summed E-state index contributed by atoms with van der Waals surface area (Å²) in [7, 11) is 3.27. The minimum atomic E-state index is -0.653. The summed E-state index contributed by atoms with van der Waals surface area (Å²) in [5.41, 5.74) is 1.86. The molecule has 1 saturated heterocycles. The number of nitrogens with zero attached hydrogens (tertiary/aromatic N) is 4. The third-order valence-corrected chi connectivity index (χ3v) is 7.25. The second kappa shape index (κ2) is 12.8. The number of amides is 2. The molecule has 2 aromatic heterocycles. The SMILES string of the molecule is COc1cc(O[C@H]2CO[C@H](C(=O)Nc3cnn(CC(=O)N(C)CCOc4ccc(C5CCC5)cc4)c3)C2)ccn1. The highest BCUT2D eigenvalue weighted by Crippen LogP contribution is 2.36. The zero-order chi connectivity index (χ0) is 27.9. The first-order chi connectivity index (χ1) is 19.5. The number of carbonyl (C=O) groups is 2. The van der Waals surface area contributed by atoms with Crippen molar-refractivity contribution in [1.29, 1.82) is 0 Å². The molecule has 40 heavy (non-hydrogen) atoms. The topological polar surface area (TPSA) is 117 Å². The number of ether oxygens (including phenoxy) is 4. The van der Waals surface area contributed by atoms with Gasteiger partial charge in [-0.2, -0.15) is 5.10 Å². The smallest absolute Gasteiger partial charge is 0.253 e. The van der Waals surface area contributed by atoms with Crippen molar-refractivity contribution in [2.24, 2.45) is 0 Å². The Balaban J connectivity index is 1.02. The summed E-state index contributed by atoms with van der Waals surface area (Å²) in [5.74, 6) is 2.14. The Hall–Kier alpha value is -4.12. The largest absolute Gasteiger partial charge is 0.492 e. The fourth-order valence-corrected chi connectivity index (χ4v) is 4.63. The number of carbonyl (C=O) groups excluding carboxylic acids is 2. The normalized spacial score (nSPS) is 18.6. The van der Waals surface area contributed by atoms with Crippen LogP contribution in [0.5, 0.6) is 17.4 Å². The molecule has 1 aliphatic carbocycles. The molecule has 0 unspecified atom stereocenters. The summed E-state index contributed by atoms with van der Waals surface area (Å²) in [5, 5.41) is 7.01. The van der Waals surface area contributed by atoms with Gasteiger partial charge < -0.3 is 29.2 Å². The molecule has 1 N–H and O–H groups in total. The van der Waals surface area contributed by atoms with E-state index in [-0.39, 0.29) is 31.1 Å². The summed E-state index contributed by atoms with van der Waals surface area (Å²) in [6.07, 6.45) is 8.06. The number of likely N-dealkylation sites (N-methyl/N-ethyl adjacent to an activating group) is 1. The van der Waals surface area contributed by atoms with Crippen molar-refractivity contribution in [3.63, 3.8) is 0 Å². The molecular weight excluding hydrogens is 514 g/mol. The second-order valence-corrected chi connectivity index (χ2v) is 10.1. The lowest BCUT2D eigenvalue weighted by atomic mass is 9.80. The molecule has 2 fully saturated rings. The van der Waals surface area contributed by atoms with Gasteiger partial charge in [0, 0.05) is 31.9 Å². The average Bonchev–Trinajstić information content (AvgIpc) is 3.58. The van der Waals surface area contributed by atoms with Crippen LogP contribution >= 0.6 is 0 Å². The first kappa shape index (κ1) is 27.4. The molecule has 212 valence electrons. The van der Waals surface area contributed by atoms with E-state index in [2.05, 4.69) is 27.5 Å². The van der Waals surface area contributed by atoms with E-state index in [1.807, 2.05) is 12.1 Å². The highest BCUT2D eigenvalue weighted by molar-refractivity contribution is 5.94. The van der Waals surface area contributed by atoms with Gasteiger partial charge in [0.05, 0.1) is 32.1 Å². The lowest BCUT2D eigenvalue weighted by Crippen LogP contribution is -2.33. The molecule has 5 rings (SSSR count). The minimum Gasteiger partial charge on any atom is -0.492 e. The van der Waals surface area contributed by atoms with Gasteiger partial charge in [-0.25, -0.2) is 4.98 Å². The maximum absolute atomic E-state index is 12.7. The summed E-state index contributed by atoms with van der Waals surface area (Å²) >= 11 is 0. The van der Waals surface area contributed by atoms with E-state index >= 15 is 0 Å². The van der Waals surface area contributed by atoms with Gasteiger partial charge in [0.25, 0.3) is 5.91 Å². The molecule has 1 saturated carbocycles. The fraction of sp³-hybridized carbons (Fsp3) is 0.448. The number of nitrogens with one attached hydrogen (secondary N) is 1. The van der Waals surface area contributed by atoms with Gasteiger partial charge in [0.2, 0.25) is 11.8 Å². The van der Waals surface area contributed by atoms with Gasteiger partial charge in [-0.1, -0.05) is 18.6 Å². The molecule has 11 nitrogen and oxygen atoms in total. The van der Waals surface area contributed by atoms with Crippen molar-refractivity contribution in [3.05, 3.63) is 60.6 Å². The predicted octanol–water partition coefficient (Wildman–Crippen LogP) is 3.27. The number of anilines is 1. The molecule has 0 bridgehead atoms. The molecular formula is C29H35N5O6. The van der Waals surface area contributed by atoms with Crippen molar-refractivity contribution in [1.82, 2.24) is 19.7 Å². The Bertz CT molecular complexity index is 1290. The van der Waals surface area contributed by atoms with Crippen LogP contribution in [0.4, 0.5) is 5.69 Å². The van der Waals surface area contributed by atoms with Gasteiger partial charge >= 0.3 is 0 Å². The van der Waals surface area contributed by atoms with Crippen LogP contribution in [0.1, 0.15) is 37.2 Å². The Kier molecular flexibility index (Phi) is 8.80. The third kappa shape index (κ3) is 7.09. The summed E-state index contributed by atoms with van der Waals surface area (Å²) in [4.78, 5) is 31.0. The second-order valence-electron chi connectivity index (χ2n) is 10.1. The molecule has 2 atom stereocenters. The lowest BCUT2D eigenvalue weighted by Gasteiger charge is -2.25. The van der Waals surface area contributed by atoms with E-state index in [1.54, 1.807) is 36.5 Å². The van der Waals surface area contributed by atoms with Crippen LogP contribution in [0.25, 0.3) is 0 Å². The summed E-state index contributed by atoms with van der Waals surface area (Å²) in [6.45, 7) is 1.18. The van der Waals surface area contributed by atoms with Crippen molar-refractivity contribution in [2.45, 2.75) is 50.4 Å². The Morgan fingerprint density at radius 2 is 2.00 bits per heavy atom. The number of benzene rings is 1. The molecule has 1 aliphatic heterocycles. The van der Waals surface area contributed by atoms with E-state index in [9.17, 15) is 9.59 Å². The molecule has 0 spiro atoms. The summed E-state index contributed by atoms with van der Waals surface area (Å²) < 4.78 is 24.0. The van der Waals surface area contributed by atoms with Crippen molar-refractivity contribution in [2.75, 3.05) is 39.2 Å². The van der Waals surface area contributed by atoms with Crippen LogP contribution in [0, 0.1) is 0 Å². The van der Waals surface area contributed by atoms with Gasteiger partial charge in [-0.05, 0) is 42.5 Å². The van der Waals surface area contributed by atoms with Crippen LogP contribution in [0.15, 0.2) is 55.0 Å². The van der Waals surface area contributed by atoms with Crippen molar-refractivity contribution >= 4 is 17.5 Å². The highest BCUT2D eigenvalue weighted by atomic mass is 16.6. The molecule has 3 heterocycles. The Morgan fingerprint density at radius 3 is 2.75 bits per heavy atom. The van der Waals surface area contributed by atoms with Gasteiger partial charge in [-0.3, -0.25) is 14.3 Å².